The van der Waals surface area contributed by atoms with Crippen LogP contribution in [0.3, 0.4) is 0 Å². The van der Waals surface area contributed by atoms with Crippen LogP contribution in [0, 0.1) is 0 Å². The van der Waals surface area contributed by atoms with Gasteiger partial charge in [0.1, 0.15) is 0 Å². The van der Waals surface area contributed by atoms with Gasteiger partial charge in [0.2, 0.25) is 0 Å². The lowest BCUT2D eigenvalue weighted by atomic mass is 10.0. The Morgan fingerprint density at radius 2 is 1.63 bits per heavy atom. The van der Waals surface area contributed by atoms with Gasteiger partial charge in [-0.15, -0.1) is 6.58 Å². The molecule has 2 aromatic rings. The molecule has 2 aromatic carbocycles. The molecule has 0 saturated heterocycles. The van der Waals surface area contributed by atoms with Crippen molar-refractivity contribution < 1.29 is 5.11 Å². The maximum Gasteiger partial charge on any atom is 0.0914 e. The molecule has 0 fully saturated rings. The van der Waals surface area contributed by atoms with Crippen molar-refractivity contribution in [3.63, 3.8) is 0 Å². The third-order valence-corrected chi connectivity index (χ3v) is 3.03. The number of nitrogens with one attached hydrogen (secondary N) is 1. The Morgan fingerprint density at radius 1 is 1.00 bits per heavy atom. The third kappa shape index (κ3) is 3.78. The molecule has 2 heteroatoms. The zero-order valence-electron chi connectivity index (χ0n) is 10.9. The van der Waals surface area contributed by atoms with Crippen molar-refractivity contribution >= 4 is 0 Å². The molecule has 0 aliphatic carbocycles. The van der Waals surface area contributed by atoms with Crippen LogP contribution >= 0.6 is 0 Å². The van der Waals surface area contributed by atoms with Gasteiger partial charge in [-0.2, -0.15) is 0 Å². The van der Waals surface area contributed by atoms with Gasteiger partial charge in [0.05, 0.1) is 6.10 Å². The van der Waals surface area contributed by atoms with Crippen molar-refractivity contribution in [2.24, 2.45) is 0 Å². The fraction of sp³-hybridized carbons (Fsp3) is 0.176. The van der Waals surface area contributed by atoms with E-state index in [1.165, 1.54) is 5.56 Å². The monoisotopic (exact) mass is 253 g/mol. The molecule has 0 amide bonds. The van der Waals surface area contributed by atoms with Crippen LogP contribution in [0.1, 0.15) is 11.7 Å². The summed E-state index contributed by atoms with van der Waals surface area (Å²) in [5.74, 6) is 0. The Labute approximate surface area is 114 Å². The van der Waals surface area contributed by atoms with E-state index in [1.54, 1.807) is 6.08 Å². The normalized spacial score (nSPS) is 12.1. The first kappa shape index (κ1) is 13.5. The van der Waals surface area contributed by atoms with Gasteiger partial charge in [0.15, 0.2) is 0 Å². The molecular formula is C17H19NO. The number of rotatable bonds is 6. The van der Waals surface area contributed by atoms with Gasteiger partial charge in [-0.1, -0.05) is 60.7 Å². The Kier molecular flexibility index (Phi) is 4.90. The van der Waals surface area contributed by atoms with Gasteiger partial charge < -0.3 is 10.4 Å². The Morgan fingerprint density at radius 3 is 2.26 bits per heavy atom. The molecular weight excluding hydrogens is 234 g/mol. The smallest absolute Gasteiger partial charge is 0.0914 e. The Balaban J connectivity index is 2.04. The van der Waals surface area contributed by atoms with Crippen LogP contribution in [0.4, 0.5) is 0 Å². The van der Waals surface area contributed by atoms with E-state index in [0.29, 0.717) is 13.1 Å². The van der Waals surface area contributed by atoms with Crippen LogP contribution in [0.15, 0.2) is 67.3 Å². The number of aliphatic hydroxyl groups is 1. The van der Waals surface area contributed by atoms with Gasteiger partial charge in [-0.25, -0.2) is 0 Å². The maximum atomic E-state index is 10.0. The van der Waals surface area contributed by atoms with Crippen molar-refractivity contribution in [1.82, 2.24) is 5.32 Å². The summed E-state index contributed by atoms with van der Waals surface area (Å²) in [5, 5.41) is 13.1. The molecule has 98 valence electrons. The molecule has 0 bridgehead atoms. The number of hydrogen-bond acceptors (Lipinski definition) is 2. The molecule has 0 radical (unpaired) electrons. The third-order valence-electron chi connectivity index (χ3n) is 3.03. The topological polar surface area (TPSA) is 32.3 Å². The molecule has 2 nitrogen and oxygen atoms in total. The molecule has 0 spiro atoms. The van der Waals surface area contributed by atoms with Crippen LogP contribution in [0.5, 0.6) is 0 Å². The highest BCUT2D eigenvalue weighted by Crippen LogP contribution is 2.21. The molecule has 0 aromatic heterocycles. The zero-order chi connectivity index (χ0) is 13.5. The number of hydrogen-bond donors (Lipinski definition) is 2. The predicted molar refractivity (Wildman–Crippen MR) is 79.9 cm³/mol. The van der Waals surface area contributed by atoms with E-state index in [9.17, 15) is 5.11 Å². The van der Waals surface area contributed by atoms with Crippen molar-refractivity contribution in [1.29, 1.82) is 0 Å². The highest BCUT2D eigenvalue weighted by Gasteiger charge is 2.06. The molecule has 0 saturated carbocycles. The summed E-state index contributed by atoms with van der Waals surface area (Å²) in [7, 11) is 0. The molecule has 2 N–H and O–H groups in total. The molecule has 0 heterocycles. The maximum absolute atomic E-state index is 10.0. The van der Waals surface area contributed by atoms with E-state index in [2.05, 4.69) is 24.0 Å². The minimum absolute atomic E-state index is 0.482. The second kappa shape index (κ2) is 6.88. The fourth-order valence-corrected chi connectivity index (χ4v) is 1.97. The molecule has 1 unspecified atom stereocenters. The van der Waals surface area contributed by atoms with Gasteiger partial charge in [0.25, 0.3) is 0 Å². The van der Waals surface area contributed by atoms with Crippen molar-refractivity contribution in [3.05, 3.63) is 72.8 Å². The second-order valence-corrected chi connectivity index (χ2v) is 4.45. The molecule has 0 aliphatic rings. The first-order valence-electron chi connectivity index (χ1n) is 6.46. The van der Waals surface area contributed by atoms with Crippen LogP contribution in [0.25, 0.3) is 11.1 Å². The summed E-state index contributed by atoms with van der Waals surface area (Å²) < 4.78 is 0. The first-order chi connectivity index (χ1) is 9.31. The van der Waals surface area contributed by atoms with Crippen molar-refractivity contribution in [2.75, 3.05) is 13.1 Å². The average Bonchev–Trinajstić information content (AvgIpc) is 2.48. The molecule has 1 atom stereocenters. The molecule has 19 heavy (non-hydrogen) atoms. The summed E-state index contributed by atoms with van der Waals surface area (Å²) in [4.78, 5) is 0. The highest BCUT2D eigenvalue weighted by molar-refractivity contribution is 5.63. The quantitative estimate of drug-likeness (QED) is 0.612. The van der Waals surface area contributed by atoms with Gasteiger partial charge in [-0.3, -0.25) is 0 Å². The second-order valence-electron chi connectivity index (χ2n) is 4.45. The van der Waals surface area contributed by atoms with Gasteiger partial charge in [-0.05, 0) is 16.7 Å². The van der Waals surface area contributed by atoms with E-state index >= 15 is 0 Å². The van der Waals surface area contributed by atoms with Gasteiger partial charge >= 0.3 is 0 Å². The SMILES string of the molecule is C=CCNCC(O)c1ccc(-c2ccccc2)cc1. The standard InChI is InChI=1S/C17H19NO/c1-2-12-18-13-17(19)16-10-8-15(9-11-16)14-6-4-3-5-7-14/h2-11,17-19H,1,12-13H2. The fourth-order valence-electron chi connectivity index (χ4n) is 1.97. The van der Waals surface area contributed by atoms with Crippen LogP contribution in [-0.2, 0) is 0 Å². The Hall–Kier alpha value is -1.90. The van der Waals surface area contributed by atoms with E-state index in [1.807, 2.05) is 42.5 Å². The van der Waals surface area contributed by atoms with Crippen molar-refractivity contribution in [3.8, 4) is 11.1 Å². The summed E-state index contributed by atoms with van der Waals surface area (Å²) >= 11 is 0. The van der Waals surface area contributed by atoms with E-state index in [-0.39, 0.29) is 0 Å². The Bertz CT molecular complexity index is 505. The number of benzene rings is 2. The van der Waals surface area contributed by atoms with Crippen LogP contribution in [-0.4, -0.2) is 18.2 Å². The number of aliphatic hydroxyl groups excluding tert-OH is 1. The largest absolute Gasteiger partial charge is 0.387 e. The van der Waals surface area contributed by atoms with Crippen LogP contribution < -0.4 is 5.32 Å². The lowest BCUT2D eigenvalue weighted by molar-refractivity contribution is 0.176. The zero-order valence-corrected chi connectivity index (χ0v) is 10.9. The average molecular weight is 253 g/mol. The van der Waals surface area contributed by atoms with E-state index < -0.39 is 6.10 Å². The molecule has 2 rings (SSSR count). The summed E-state index contributed by atoms with van der Waals surface area (Å²) in [6.07, 6.45) is 1.30. The lowest BCUT2D eigenvalue weighted by Gasteiger charge is -2.12. The summed E-state index contributed by atoms with van der Waals surface area (Å²) in [5.41, 5.74) is 3.28. The summed E-state index contributed by atoms with van der Waals surface area (Å²) in [6.45, 7) is 4.88. The van der Waals surface area contributed by atoms with Crippen LogP contribution in [0.2, 0.25) is 0 Å². The summed E-state index contributed by atoms with van der Waals surface area (Å²) in [6, 6.07) is 18.3. The van der Waals surface area contributed by atoms with Gasteiger partial charge in [0, 0.05) is 13.1 Å². The predicted octanol–water partition coefficient (Wildman–Crippen LogP) is 3.16. The molecule has 0 aliphatic heterocycles. The first-order valence-corrected chi connectivity index (χ1v) is 6.46. The lowest BCUT2D eigenvalue weighted by Crippen LogP contribution is -2.21. The minimum Gasteiger partial charge on any atom is -0.387 e. The van der Waals surface area contributed by atoms with E-state index in [4.69, 9.17) is 0 Å². The highest BCUT2D eigenvalue weighted by atomic mass is 16.3. The van der Waals surface area contributed by atoms with E-state index in [0.717, 1.165) is 11.1 Å². The van der Waals surface area contributed by atoms with Crippen molar-refractivity contribution in [2.45, 2.75) is 6.10 Å². The minimum atomic E-state index is -0.482.